The molecule has 1 aromatic carbocycles. The quantitative estimate of drug-likeness (QED) is 0.581. The molecule has 2 unspecified atom stereocenters. The average Bonchev–Trinajstić information content (AvgIpc) is 2.94. The van der Waals surface area contributed by atoms with Crippen molar-refractivity contribution in [3.05, 3.63) is 35.4 Å². The number of aliphatic hydroxyl groups excluding tert-OH is 1. The minimum atomic E-state index is -0.461. The molecule has 3 heteroatoms. The molecule has 1 fully saturated rings. The van der Waals surface area contributed by atoms with E-state index in [9.17, 15) is 5.11 Å². The summed E-state index contributed by atoms with van der Waals surface area (Å²) in [6, 6.07) is 9.15. The minimum Gasteiger partial charge on any atom is -0.394 e. The van der Waals surface area contributed by atoms with Crippen LogP contribution >= 0.6 is 0 Å². The largest absolute Gasteiger partial charge is 0.394 e. The van der Waals surface area contributed by atoms with Gasteiger partial charge in [-0.2, -0.15) is 0 Å². The van der Waals surface area contributed by atoms with Crippen molar-refractivity contribution in [1.29, 1.82) is 0 Å². The van der Waals surface area contributed by atoms with Gasteiger partial charge in [0.2, 0.25) is 0 Å². The van der Waals surface area contributed by atoms with Gasteiger partial charge in [-0.1, -0.05) is 63.3 Å². The Hall–Kier alpha value is -0.900. The summed E-state index contributed by atoms with van der Waals surface area (Å²) in [7, 11) is 0. The van der Waals surface area contributed by atoms with Crippen molar-refractivity contribution in [3.63, 3.8) is 0 Å². The Bertz CT molecular complexity index is 445. The fraction of sp³-hybridized carbons (Fsp3) is 0.700. The molecule has 2 rings (SSSR count). The summed E-state index contributed by atoms with van der Waals surface area (Å²) in [4.78, 5) is 0. The predicted octanol–water partition coefficient (Wildman–Crippen LogP) is 3.18. The Labute approximate surface area is 141 Å². The van der Waals surface area contributed by atoms with E-state index >= 15 is 0 Å². The van der Waals surface area contributed by atoms with Crippen LogP contribution in [0.15, 0.2) is 24.3 Å². The lowest BCUT2D eigenvalue weighted by Crippen LogP contribution is -2.54. The van der Waals surface area contributed by atoms with Crippen LogP contribution in [0.2, 0.25) is 0 Å². The number of nitrogens with two attached hydrogens (primary N) is 1. The fourth-order valence-electron chi connectivity index (χ4n) is 3.51. The van der Waals surface area contributed by atoms with Crippen molar-refractivity contribution in [2.75, 3.05) is 13.2 Å². The zero-order valence-corrected chi connectivity index (χ0v) is 14.7. The van der Waals surface area contributed by atoms with Crippen LogP contribution in [0.5, 0.6) is 0 Å². The molecule has 0 bridgehead atoms. The monoisotopic (exact) mass is 318 g/mol. The van der Waals surface area contributed by atoms with Crippen molar-refractivity contribution < 1.29 is 5.11 Å². The summed E-state index contributed by atoms with van der Waals surface area (Å²) in [5.74, 6) is 0. The lowest BCUT2D eigenvalue weighted by Gasteiger charge is -2.29. The molecule has 1 aliphatic rings. The Morgan fingerprint density at radius 1 is 1.09 bits per heavy atom. The van der Waals surface area contributed by atoms with E-state index in [-0.39, 0.29) is 12.6 Å². The Balaban J connectivity index is 1.74. The molecule has 1 aliphatic heterocycles. The van der Waals surface area contributed by atoms with Gasteiger partial charge in [-0.05, 0) is 43.4 Å². The summed E-state index contributed by atoms with van der Waals surface area (Å²) in [6.07, 6.45) is 11.0. The number of hydrogen-bond acceptors (Lipinski definition) is 3. The maximum atomic E-state index is 9.53. The van der Waals surface area contributed by atoms with E-state index in [4.69, 9.17) is 5.73 Å². The topological polar surface area (TPSA) is 58.3 Å². The van der Waals surface area contributed by atoms with E-state index in [0.29, 0.717) is 0 Å². The van der Waals surface area contributed by atoms with Crippen LogP contribution in [0, 0.1) is 0 Å². The highest BCUT2D eigenvalue weighted by molar-refractivity contribution is 5.24. The smallest absolute Gasteiger partial charge is 0.0627 e. The van der Waals surface area contributed by atoms with Gasteiger partial charge in [0.05, 0.1) is 12.1 Å². The molecular weight excluding hydrogens is 284 g/mol. The third-order valence-electron chi connectivity index (χ3n) is 5.25. The van der Waals surface area contributed by atoms with E-state index in [1.807, 2.05) is 0 Å². The number of hydrogen-bond donors (Lipinski definition) is 3. The molecule has 4 N–H and O–H groups in total. The van der Waals surface area contributed by atoms with Gasteiger partial charge in [-0.3, -0.25) is 0 Å². The van der Waals surface area contributed by atoms with Crippen LogP contribution in [0.25, 0.3) is 0 Å². The van der Waals surface area contributed by atoms with Crippen LogP contribution < -0.4 is 11.1 Å². The summed E-state index contributed by atoms with van der Waals surface area (Å²) in [5, 5.41) is 13.0. The first-order valence-electron chi connectivity index (χ1n) is 9.39. The maximum absolute atomic E-state index is 9.53. The van der Waals surface area contributed by atoms with E-state index in [1.54, 1.807) is 0 Å². The van der Waals surface area contributed by atoms with E-state index in [1.165, 1.54) is 56.1 Å². The van der Waals surface area contributed by atoms with Crippen LogP contribution in [-0.2, 0) is 12.8 Å². The normalized spacial score (nSPS) is 24.2. The number of unbranched alkanes of at least 4 members (excludes halogenated alkanes) is 5. The van der Waals surface area contributed by atoms with Crippen LogP contribution in [0.3, 0.4) is 0 Å². The molecule has 130 valence electrons. The Kier molecular flexibility index (Phi) is 7.54. The first-order valence-corrected chi connectivity index (χ1v) is 9.39. The van der Waals surface area contributed by atoms with E-state index < -0.39 is 5.54 Å². The van der Waals surface area contributed by atoms with E-state index in [0.717, 1.165) is 19.4 Å². The summed E-state index contributed by atoms with van der Waals surface area (Å²) < 4.78 is 0. The average molecular weight is 319 g/mol. The van der Waals surface area contributed by atoms with Crippen molar-refractivity contribution in [2.24, 2.45) is 5.73 Å². The van der Waals surface area contributed by atoms with Crippen LogP contribution in [0.1, 0.15) is 63.0 Å². The number of rotatable bonds is 10. The third kappa shape index (κ3) is 5.59. The molecule has 23 heavy (non-hydrogen) atoms. The first kappa shape index (κ1) is 18.4. The summed E-state index contributed by atoms with van der Waals surface area (Å²) in [6.45, 7) is 3.22. The molecule has 3 nitrogen and oxygen atoms in total. The highest BCUT2D eigenvalue weighted by Crippen LogP contribution is 2.22. The zero-order chi connectivity index (χ0) is 16.5. The van der Waals surface area contributed by atoms with Crippen molar-refractivity contribution in [3.8, 4) is 0 Å². The van der Waals surface area contributed by atoms with Gasteiger partial charge in [-0.15, -0.1) is 0 Å². The van der Waals surface area contributed by atoms with Crippen LogP contribution in [-0.4, -0.2) is 29.8 Å². The first-order chi connectivity index (χ1) is 11.2. The number of nitrogens with one attached hydrogen (secondary N) is 1. The lowest BCUT2D eigenvalue weighted by atomic mass is 9.88. The van der Waals surface area contributed by atoms with Crippen molar-refractivity contribution >= 4 is 0 Å². The molecular formula is C20H34N2O. The molecule has 0 aromatic heterocycles. The zero-order valence-electron chi connectivity index (χ0n) is 14.7. The van der Waals surface area contributed by atoms with Gasteiger partial charge in [-0.25, -0.2) is 0 Å². The molecule has 0 saturated carbocycles. The van der Waals surface area contributed by atoms with E-state index in [2.05, 4.69) is 36.5 Å². The van der Waals surface area contributed by atoms with Gasteiger partial charge in [0, 0.05) is 6.04 Å². The van der Waals surface area contributed by atoms with Gasteiger partial charge in [0.15, 0.2) is 0 Å². The van der Waals surface area contributed by atoms with Crippen LogP contribution in [0.4, 0.5) is 0 Å². The van der Waals surface area contributed by atoms with Gasteiger partial charge < -0.3 is 16.2 Å². The Morgan fingerprint density at radius 3 is 2.43 bits per heavy atom. The molecule has 1 saturated heterocycles. The molecule has 0 aliphatic carbocycles. The predicted molar refractivity (Wildman–Crippen MR) is 97.6 cm³/mol. The highest BCUT2D eigenvalue weighted by Gasteiger charge is 2.38. The highest BCUT2D eigenvalue weighted by atomic mass is 16.3. The molecule has 0 spiro atoms. The van der Waals surface area contributed by atoms with Gasteiger partial charge in [0.1, 0.15) is 0 Å². The maximum Gasteiger partial charge on any atom is 0.0627 e. The van der Waals surface area contributed by atoms with Gasteiger partial charge in [0.25, 0.3) is 0 Å². The number of aryl methyl sites for hydroxylation is 1. The summed E-state index contributed by atoms with van der Waals surface area (Å²) in [5.41, 5.74) is 8.56. The third-order valence-corrected chi connectivity index (χ3v) is 5.25. The molecule has 0 radical (unpaired) electrons. The number of benzene rings is 1. The SMILES string of the molecule is CCCCCCCCc1ccc(CC2NCCC2(N)CO)cc1. The molecule has 1 aromatic rings. The van der Waals surface area contributed by atoms with Crippen molar-refractivity contribution in [2.45, 2.75) is 76.3 Å². The van der Waals surface area contributed by atoms with Crippen molar-refractivity contribution in [1.82, 2.24) is 5.32 Å². The summed E-state index contributed by atoms with van der Waals surface area (Å²) >= 11 is 0. The fourth-order valence-corrected chi connectivity index (χ4v) is 3.51. The molecule has 0 amide bonds. The second-order valence-corrected chi connectivity index (χ2v) is 7.19. The molecule has 2 atom stereocenters. The Morgan fingerprint density at radius 2 is 1.74 bits per heavy atom. The lowest BCUT2D eigenvalue weighted by molar-refractivity contribution is 0.181. The second kappa shape index (κ2) is 9.41. The number of aliphatic hydroxyl groups is 1. The standard InChI is InChI=1S/C20H34N2O/c1-2-3-4-5-6-7-8-17-9-11-18(12-10-17)15-19-20(21,16-23)13-14-22-19/h9-12,19,22-23H,2-8,13-16,21H2,1H3. The second-order valence-electron chi connectivity index (χ2n) is 7.19. The minimum absolute atomic E-state index is 0.0563. The van der Waals surface area contributed by atoms with Gasteiger partial charge >= 0.3 is 0 Å². The molecule has 1 heterocycles.